The van der Waals surface area contributed by atoms with Crippen LogP contribution in [0.25, 0.3) is 0 Å². The molecular formula is C36H56O8. The summed E-state index contributed by atoms with van der Waals surface area (Å²) in [6, 6.07) is 0. The minimum Gasteiger partial charge on any atom is -0.481 e. The second-order valence-electron chi connectivity index (χ2n) is 13.2. The summed E-state index contributed by atoms with van der Waals surface area (Å²) in [5.74, 6) is -2.06. The van der Waals surface area contributed by atoms with Crippen LogP contribution in [0.1, 0.15) is 94.4 Å². The summed E-state index contributed by atoms with van der Waals surface area (Å²) in [6.07, 6.45) is 15.7. The molecule has 2 heterocycles. The number of allylic oxidation sites excluding steroid dienone is 5. The van der Waals surface area contributed by atoms with Gasteiger partial charge >= 0.3 is 11.9 Å². The van der Waals surface area contributed by atoms with Gasteiger partial charge in [-0.3, -0.25) is 9.59 Å². The van der Waals surface area contributed by atoms with Gasteiger partial charge in [0.25, 0.3) is 0 Å². The number of ether oxygens (including phenoxy) is 3. The Morgan fingerprint density at radius 2 is 1.77 bits per heavy atom. The van der Waals surface area contributed by atoms with E-state index in [-0.39, 0.29) is 60.8 Å². The smallest absolute Gasteiger partial charge is 0.309 e. The Kier molecular flexibility index (Phi) is 14.3. The van der Waals surface area contributed by atoms with E-state index in [1.54, 1.807) is 0 Å². The van der Waals surface area contributed by atoms with Crippen molar-refractivity contribution in [1.29, 1.82) is 0 Å². The van der Waals surface area contributed by atoms with E-state index in [1.807, 2.05) is 97.1 Å². The van der Waals surface area contributed by atoms with E-state index in [4.69, 9.17) is 19.3 Å². The van der Waals surface area contributed by atoms with Gasteiger partial charge in [-0.1, -0.05) is 88.8 Å². The lowest BCUT2D eigenvalue weighted by molar-refractivity contribution is -0.315. The fraction of sp³-hybridized carbons (Fsp3) is 0.667. The number of carboxylic acids is 1. The standard InChI is InChI=1S/C36H56O8/c1-10-29-28(7)36(41,22-32(39)42-29)21-14-13-17-25(4)33(40)24(3)16-11-12-19-30-27(6)34(44-35(8,9)43-30)26(5)23(2)18-15-20-31(37)38/h11-14,16-19,24,26-30,33-34,40-41H,10,15,20-22H2,1-9H3,(H,37,38)/b14-13+,16-11-,19-12-,23-18+,25-17+/t24-,26+,27+,28-,29-,30-,33-,34-,36-/m0/s1. The summed E-state index contributed by atoms with van der Waals surface area (Å²) in [7, 11) is 0. The third-order valence-electron chi connectivity index (χ3n) is 9.21. The highest BCUT2D eigenvalue weighted by molar-refractivity contribution is 5.72. The molecule has 0 unspecified atom stereocenters. The summed E-state index contributed by atoms with van der Waals surface area (Å²) in [5.41, 5.74) is 0.772. The van der Waals surface area contributed by atoms with Crippen LogP contribution < -0.4 is 0 Å². The molecular weight excluding hydrogens is 560 g/mol. The lowest BCUT2D eigenvalue weighted by Gasteiger charge is -2.46. The van der Waals surface area contributed by atoms with Crippen molar-refractivity contribution >= 4 is 11.9 Å². The third-order valence-corrected chi connectivity index (χ3v) is 9.21. The van der Waals surface area contributed by atoms with Crippen LogP contribution in [0.5, 0.6) is 0 Å². The summed E-state index contributed by atoms with van der Waals surface area (Å²) in [5, 5.41) is 30.9. The van der Waals surface area contributed by atoms with Gasteiger partial charge < -0.3 is 29.5 Å². The molecule has 0 aromatic heterocycles. The number of rotatable bonds is 14. The molecule has 0 aromatic carbocycles. The lowest BCUT2D eigenvalue weighted by Crippen LogP contribution is -2.51. The Hall–Kier alpha value is -2.52. The van der Waals surface area contributed by atoms with Gasteiger partial charge in [-0.15, -0.1) is 0 Å². The molecule has 2 fully saturated rings. The quantitative estimate of drug-likeness (QED) is 0.112. The van der Waals surface area contributed by atoms with Crippen molar-refractivity contribution in [3.05, 3.63) is 59.8 Å². The normalized spacial score (nSPS) is 32.2. The molecule has 248 valence electrons. The van der Waals surface area contributed by atoms with Crippen LogP contribution in [-0.2, 0) is 23.8 Å². The molecule has 8 nitrogen and oxygen atoms in total. The molecule has 2 rings (SSSR count). The maximum absolute atomic E-state index is 12.0. The monoisotopic (exact) mass is 616 g/mol. The zero-order valence-electron chi connectivity index (χ0n) is 28.2. The van der Waals surface area contributed by atoms with Gasteiger partial charge in [-0.25, -0.2) is 0 Å². The summed E-state index contributed by atoms with van der Waals surface area (Å²) >= 11 is 0. The molecule has 2 saturated heterocycles. The maximum Gasteiger partial charge on any atom is 0.309 e. The Labute approximate surface area is 264 Å². The highest BCUT2D eigenvalue weighted by atomic mass is 16.7. The van der Waals surface area contributed by atoms with Gasteiger partial charge in [-0.2, -0.15) is 0 Å². The predicted octanol–water partition coefficient (Wildman–Crippen LogP) is 6.68. The van der Waals surface area contributed by atoms with E-state index in [0.29, 0.717) is 19.3 Å². The molecule has 0 bridgehead atoms. The van der Waals surface area contributed by atoms with Gasteiger partial charge in [0.1, 0.15) is 6.10 Å². The van der Waals surface area contributed by atoms with E-state index in [1.165, 1.54) is 0 Å². The third kappa shape index (κ3) is 10.8. The number of hydrogen-bond acceptors (Lipinski definition) is 7. The van der Waals surface area contributed by atoms with E-state index in [2.05, 4.69) is 13.8 Å². The summed E-state index contributed by atoms with van der Waals surface area (Å²) in [6.45, 7) is 17.7. The van der Waals surface area contributed by atoms with Crippen LogP contribution in [0.3, 0.4) is 0 Å². The number of cyclic esters (lactones) is 1. The molecule has 0 radical (unpaired) electrons. The van der Waals surface area contributed by atoms with E-state index in [0.717, 1.165) is 11.1 Å². The van der Waals surface area contributed by atoms with Crippen LogP contribution in [0.4, 0.5) is 0 Å². The molecule has 0 aliphatic carbocycles. The van der Waals surface area contributed by atoms with E-state index in [9.17, 15) is 19.8 Å². The first-order valence-corrected chi connectivity index (χ1v) is 16.0. The van der Waals surface area contributed by atoms with E-state index >= 15 is 0 Å². The second kappa shape index (κ2) is 16.7. The van der Waals surface area contributed by atoms with Crippen molar-refractivity contribution in [3.8, 4) is 0 Å². The van der Waals surface area contributed by atoms with Crippen molar-refractivity contribution in [3.63, 3.8) is 0 Å². The molecule has 0 aromatic rings. The Morgan fingerprint density at radius 3 is 2.41 bits per heavy atom. The summed E-state index contributed by atoms with van der Waals surface area (Å²) in [4.78, 5) is 22.9. The number of aliphatic hydroxyl groups is 2. The van der Waals surface area contributed by atoms with Crippen LogP contribution >= 0.6 is 0 Å². The average molecular weight is 617 g/mol. The van der Waals surface area contributed by atoms with E-state index < -0.39 is 23.5 Å². The highest BCUT2D eigenvalue weighted by Gasteiger charge is 2.45. The number of esters is 1. The molecule has 0 amide bonds. The Bertz CT molecular complexity index is 1120. The van der Waals surface area contributed by atoms with Crippen molar-refractivity contribution < 1.29 is 39.1 Å². The first-order chi connectivity index (χ1) is 20.5. The SMILES string of the molecule is CC[C@@H]1OC(=O)C[C@@](O)(C/C=C/C=C(\C)[C@@H](O)[C@@H](C)/C=C\C=C/[C@@H]2OC(C)(C)O[C@@H]([C@H](C)/C(C)=C/CCC(=O)O)[C@@H]2C)[C@H]1C. The molecule has 0 spiro atoms. The van der Waals surface area contributed by atoms with Gasteiger partial charge in [-0.05, 0) is 52.5 Å². The van der Waals surface area contributed by atoms with Gasteiger partial charge in [0, 0.05) is 30.1 Å². The van der Waals surface area contributed by atoms with Crippen LogP contribution in [0, 0.1) is 23.7 Å². The number of carboxylic acid groups (broad SMARTS) is 1. The van der Waals surface area contributed by atoms with Crippen molar-refractivity contribution in [2.24, 2.45) is 23.7 Å². The first kappa shape index (κ1) is 37.7. The van der Waals surface area contributed by atoms with Gasteiger partial charge in [0.15, 0.2) is 5.79 Å². The zero-order valence-corrected chi connectivity index (χ0v) is 28.2. The van der Waals surface area contributed by atoms with Gasteiger partial charge in [0.05, 0.1) is 30.3 Å². The van der Waals surface area contributed by atoms with Crippen molar-refractivity contribution in [2.45, 2.75) is 130 Å². The molecule has 44 heavy (non-hydrogen) atoms. The molecule has 0 saturated carbocycles. The lowest BCUT2D eigenvalue weighted by atomic mass is 9.77. The molecule has 2 aliphatic rings. The van der Waals surface area contributed by atoms with Crippen LogP contribution in [0.2, 0.25) is 0 Å². The summed E-state index contributed by atoms with van der Waals surface area (Å²) < 4.78 is 17.9. The number of aliphatic carboxylic acids is 1. The highest BCUT2D eigenvalue weighted by Crippen LogP contribution is 2.38. The van der Waals surface area contributed by atoms with Crippen LogP contribution in [0.15, 0.2) is 59.8 Å². The predicted molar refractivity (Wildman–Crippen MR) is 173 cm³/mol. The second-order valence-corrected chi connectivity index (χ2v) is 13.2. The Morgan fingerprint density at radius 1 is 1.09 bits per heavy atom. The fourth-order valence-electron chi connectivity index (χ4n) is 6.01. The minimum atomic E-state index is -1.13. The van der Waals surface area contributed by atoms with Crippen molar-refractivity contribution in [2.75, 3.05) is 0 Å². The largest absolute Gasteiger partial charge is 0.481 e. The maximum atomic E-state index is 12.0. The molecule has 3 N–H and O–H groups in total. The number of aliphatic hydroxyl groups excluding tert-OH is 1. The molecule has 8 heteroatoms. The van der Waals surface area contributed by atoms with Crippen LogP contribution in [-0.4, -0.2) is 63.1 Å². The Balaban J connectivity index is 1.98. The average Bonchev–Trinajstić information content (AvgIpc) is 2.95. The first-order valence-electron chi connectivity index (χ1n) is 16.0. The molecule has 2 aliphatic heterocycles. The zero-order chi connectivity index (χ0) is 33.2. The fourth-order valence-corrected chi connectivity index (χ4v) is 6.01. The number of carbonyl (C=O) groups excluding carboxylic acids is 1. The van der Waals surface area contributed by atoms with Gasteiger partial charge in [0.2, 0.25) is 0 Å². The number of hydrogen-bond donors (Lipinski definition) is 3. The molecule has 9 atom stereocenters. The minimum absolute atomic E-state index is 0.0180. The number of carbonyl (C=O) groups is 2. The van der Waals surface area contributed by atoms with Crippen molar-refractivity contribution in [1.82, 2.24) is 0 Å². The topological polar surface area (TPSA) is 123 Å².